The van der Waals surface area contributed by atoms with Gasteiger partial charge in [-0.15, -0.1) is 0 Å². The summed E-state index contributed by atoms with van der Waals surface area (Å²) in [5.41, 5.74) is 7.68. The molecule has 5 aromatic carbocycles. The van der Waals surface area contributed by atoms with Crippen molar-refractivity contribution in [2.75, 3.05) is 4.90 Å². The van der Waals surface area contributed by atoms with Crippen molar-refractivity contribution in [1.82, 2.24) is 0 Å². The number of carbonyl (C=O) groups is 1. The smallest absolute Gasteiger partial charge is 0.195 e. The minimum Gasteiger partial charge on any atom is -0.380 e. The Balaban J connectivity index is 0.995. The molecule has 0 bridgehead atoms. The van der Waals surface area contributed by atoms with Gasteiger partial charge < -0.3 is 10.0 Å². The van der Waals surface area contributed by atoms with Gasteiger partial charge >= 0.3 is 0 Å². The summed E-state index contributed by atoms with van der Waals surface area (Å²) in [6.07, 6.45) is 23.7. The van der Waals surface area contributed by atoms with Crippen molar-refractivity contribution in [3.63, 3.8) is 0 Å². The number of aliphatic hydroxyl groups is 1. The SMILES string of the molecule is CCCCCCCCCCCCCCCCCCCc1ccc(-c2ccc(C(O)C(=O)c3ccc(N(c4ccccc4)c4ccccc4)cc3)cc2)cc1. The lowest BCUT2D eigenvalue weighted by atomic mass is 9.96. The van der Waals surface area contributed by atoms with E-state index in [9.17, 15) is 9.90 Å². The summed E-state index contributed by atoms with van der Waals surface area (Å²) < 4.78 is 0. The van der Waals surface area contributed by atoms with Crippen LogP contribution in [0.3, 0.4) is 0 Å². The van der Waals surface area contributed by atoms with Crippen LogP contribution < -0.4 is 4.90 Å². The van der Waals surface area contributed by atoms with E-state index in [-0.39, 0.29) is 5.78 Å². The van der Waals surface area contributed by atoms with Crippen LogP contribution in [0.2, 0.25) is 0 Å². The number of para-hydroxylation sites is 2. The van der Waals surface area contributed by atoms with E-state index in [4.69, 9.17) is 0 Å². The van der Waals surface area contributed by atoms with Crippen molar-refractivity contribution in [1.29, 1.82) is 0 Å². The van der Waals surface area contributed by atoms with E-state index in [0.717, 1.165) is 34.6 Å². The van der Waals surface area contributed by atoms with Crippen LogP contribution in [0.25, 0.3) is 11.1 Å². The first kappa shape index (κ1) is 40.7. The van der Waals surface area contributed by atoms with Gasteiger partial charge in [-0.2, -0.15) is 0 Å². The monoisotopic (exact) mass is 721 g/mol. The van der Waals surface area contributed by atoms with Gasteiger partial charge in [0.25, 0.3) is 0 Å². The predicted molar refractivity (Wildman–Crippen MR) is 230 cm³/mol. The molecule has 0 aliphatic carbocycles. The molecule has 284 valence electrons. The van der Waals surface area contributed by atoms with Crippen LogP contribution >= 0.6 is 0 Å². The summed E-state index contributed by atoms with van der Waals surface area (Å²) >= 11 is 0. The Labute approximate surface area is 326 Å². The second kappa shape index (κ2) is 23.3. The van der Waals surface area contributed by atoms with Crippen molar-refractivity contribution in [2.45, 2.75) is 129 Å². The molecule has 0 aliphatic heterocycles. The lowest BCUT2D eigenvalue weighted by molar-refractivity contribution is 0.0747. The van der Waals surface area contributed by atoms with E-state index in [1.165, 1.54) is 115 Å². The Hall–Kier alpha value is -4.47. The number of Topliss-reactive ketones (excluding diaryl/α,β-unsaturated/α-hetero) is 1. The number of anilines is 3. The number of benzene rings is 5. The Morgan fingerprint density at radius 2 is 0.852 bits per heavy atom. The molecular weight excluding hydrogens is 659 g/mol. The second-order valence-electron chi connectivity index (χ2n) is 15.0. The maximum atomic E-state index is 13.4. The molecule has 5 rings (SSSR count). The quantitative estimate of drug-likeness (QED) is 0.0482. The molecule has 1 N–H and O–H groups in total. The van der Waals surface area contributed by atoms with Gasteiger partial charge in [0.05, 0.1) is 0 Å². The molecule has 0 radical (unpaired) electrons. The Morgan fingerprint density at radius 3 is 1.30 bits per heavy atom. The summed E-state index contributed by atoms with van der Waals surface area (Å²) in [5.74, 6) is -0.311. The van der Waals surface area contributed by atoms with Crippen LogP contribution in [0.15, 0.2) is 133 Å². The number of rotatable bonds is 25. The zero-order valence-corrected chi connectivity index (χ0v) is 32.8. The molecule has 0 spiro atoms. The van der Waals surface area contributed by atoms with Crippen molar-refractivity contribution < 1.29 is 9.90 Å². The number of aliphatic hydroxyl groups excluding tert-OH is 1. The van der Waals surface area contributed by atoms with Crippen LogP contribution in [0.1, 0.15) is 144 Å². The molecule has 54 heavy (non-hydrogen) atoms. The molecule has 3 heteroatoms. The Bertz CT molecular complexity index is 1690. The fourth-order valence-corrected chi connectivity index (χ4v) is 7.46. The summed E-state index contributed by atoms with van der Waals surface area (Å²) in [5, 5.41) is 11.1. The standard InChI is InChI=1S/C51H63NO2/c1-2-3-4-5-6-7-8-9-10-11-12-13-14-15-16-17-20-25-42-30-32-43(33-31-42)44-34-36-45(37-35-44)50(53)51(54)46-38-40-49(41-39-46)52(47-26-21-18-22-27-47)48-28-23-19-24-29-48/h18-19,21-24,26-41,50,53H,2-17,20,25H2,1H3. The molecule has 0 saturated carbocycles. The van der Waals surface area contributed by atoms with E-state index >= 15 is 0 Å². The largest absolute Gasteiger partial charge is 0.380 e. The highest BCUT2D eigenvalue weighted by atomic mass is 16.3. The van der Waals surface area contributed by atoms with Gasteiger partial charge in [-0.1, -0.05) is 195 Å². The second-order valence-corrected chi connectivity index (χ2v) is 15.0. The molecule has 0 amide bonds. The van der Waals surface area contributed by atoms with Gasteiger partial charge in [0, 0.05) is 22.6 Å². The summed E-state index contributed by atoms with van der Waals surface area (Å²) in [6.45, 7) is 2.29. The summed E-state index contributed by atoms with van der Waals surface area (Å²) in [4.78, 5) is 15.5. The first-order valence-corrected chi connectivity index (χ1v) is 21.1. The van der Waals surface area contributed by atoms with Gasteiger partial charge in [-0.05, 0) is 83.6 Å². The van der Waals surface area contributed by atoms with Crippen LogP contribution in [0, 0.1) is 0 Å². The van der Waals surface area contributed by atoms with E-state index < -0.39 is 6.10 Å². The highest BCUT2D eigenvalue weighted by Crippen LogP contribution is 2.34. The highest BCUT2D eigenvalue weighted by molar-refractivity contribution is 6.00. The number of aryl methyl sites for hydroxylation is 1. The fraction of sp³-hybridized carbons (Fsp3) is 0.392. The van der Waals surface area contributed by atoms with E-state index in [1.54, 1.807) is 12.1 Å². The molecule has 1 unspecified atom stereocenters. The van der Waals surface area contributed by atoms with Crippen LogP contribution in [-0.2, 0) is 6.42 Å². The van der Waals surface area contributed by atoms with Gasteiger partial charge in [0.15, 0.2) is 5.78 Å². The Kier molecular flexibility index (Phi) is 17.6. The molecule has 3 nitrogen and oxygen atoms in total. The van der Waals surface area contributed by atoms with Crippen molar-refractivity contribution >= 4 is 22.8 Å². The molecule has 0 fully saturated rings. The maximum Gasteiger partial charge on any atom is 0.195 e. The van der Waals surface area contributed by atoms with E-state index in [2.05, 4.69) is 60.4 Å². The molecule has 0 saturated heterocycles. The predicted octanol–water partition coefficient (Wildman–Crippen LogP) is 14.9. The third kappa shape index (κ3) is 13.1. The average Bonchev–Trinajstić information content (AvgIpc) is 3.23. The third-order valence-electron chi connectivity index (χ3n) is 10.8. The van der Waals surface area contributed by atoms with Crippen LogP contribution in [0.4, 0.5) is 17.1 Å². The first-order valence-electron chi connectivity index (χ1n) is 21.1. The van der Waals surface area contributed by atoms with Crippen molar-refractivity contribution in [3.05, 3.63) is 150 Å². The summed E-state index contributed by atoms with van der Waals surface area (Å²) in [7, 11) is 0. The topological polar surface area (TPSA) is 40.5 Å². The minimum atomic E-state index is -1.23. The Morgan fingerprint density at radius 1 is 0.463 bits per heavy atom. The lowest BCUT2D eigenvalue weighted by Crippen LogP contribution is -2.13. The number of unbranched alkanes of at least 4 members (excludes halogenated alkanes) is 16. The van der Waals surface area contributed by atoms with Gasteiger partial charge in [-0.3, -0.25) is 4.79 Å². The fourth-order valence-electron chi connectivity index (χ4n) is 7.46. The number of nitrogens with zero attached hydrogens (tertiary/aromatic N) is 1. The normalized spacial score (nSPS) is 11.7. The van der Waals surface area contributed by atoms with E-state index in [1.807, 2.05) is 72.8 Å². The van der Waals surface area contributed by atoms with Gasteiger partial charge in [0.2, 0.25) is 0 Å². The number of carbonyl (C=O) groups excluding carboxylic acids is 1. The summed E-state index contributed by atoms with van der Waals surface area (Å²) in [6, 6.07) is 44.4. The van der Waals surface area contributed by atoms with Crippen LogP contribution in [0.5, 0.6) is 0 Å². The molecule has 5 aromatic rings. The third-order valence-corrected chi connectivity index (χ3v) is 10.8. The van der Waals surface area contributed by atoms with Gasteiger partial charge in [0.1, 0.15) is 6.10 Å². The highest BCUT2D eigenvalue weighted by Gasteiger charge is 2.20. The molecular formula is C51H63NO2. The molecule has 0 aliphatic rings. The minimum absolute atomic E-state index is 0.311. The zero-order valence-electron chi connectivity index (χ0n) is 32.8. The molecule has 0 aromatic heterocycles. The van der Waals surface area contributed by atoms with Crippen molar-refractivity contribution in [2.24, 2.45) is 0 Å². The number of hydrogen-bond acceptors (Lipinski definition) is 3. The first-order chi connectivity index (χ1) is 26.6. The number of ketones is 1. The van der Waals surface area contributed by atoms with Gasteiger partial charge in [-0.25, -0.2) is 0 Å². The molecule has 1 atom stereocenters. The van der Waals surface area contributed by atoms with Crippen molar-refractivity contribution in [3.8, 4) is 11.1 Å². The zero-order chi connectivity index (χ0) is 37.6. The maximum absolute atomic E-state index is 13.4. The average molecular weight is 722 g/mol. The number of hydrogen-bond donors (Lipinski definition) is 1. The van der Waals surface area contributed by atoms with Crippen LogP contribution in [-0.4, -0.2) is 10.9 Å². The molecule has 0 heterocycles. The lowest BCUT2D eigenvalue weighted by Gasteiger charge is -2.25. The van der Waals surface area contributed by atoms with E-state index in [0.29, 0.717) is 11.1 Å².